The smallest absolute Gasteiger partial charge is 0.413 e. The van der Waals surface area contributed by atoms with Crippen molar-refractivity contribution in [2.75, 3.05) is 18.5 Å². The summed E-state index contributed by atoms with van der Waals surface area (Å²) in [4.78, 5) is 27.2. The van der Waals surface area contributed by atoms with Gasteiger partial charge in [-0.15, -0.1) is 0 Å². The maximum Gasteiger partial charge on any atom is 0.413 e. The van der Waals surface area contributed by atoms with Gasteiger partial charge >= 0.3 is 12.1 Å². The summed E-state index contributed by atoms with van der Waals surface area (Å²) in [5.74, 6) is -0.444. The van der Waals surface area contributed by atoms with Gasteiger partial charge < -0.3 is 9.47 Å². The van der Waals surface area contributed by atoms with Gasteiger partial charge in [-0.3, -0.25) is 5.32 Å². The highest BCUT2D eigenvalue weighted by Crippen LogP contribution is 2.23. The lowest BCUT2D eigenvalue weighted by Crippen LogP contribution is -2.13. The molecule has 0 unspecified atom stereocenters. The number of thiazole rings is 1. The van der Waals surface area contributed by atoms with E-state index in [1.807, 2.05) is 0 Å². The normalized spacial score (nSPS) is 9.67. The molecule has 1 aromatic rings. The Morgan fingerprint density at radius 3 is 2.83 bits per heavy atom. The molecule has 0 atom stereocenters. The third-order valence-electron chi connectivity index (χ3n) is 1.80. The minimum absolute atomic E-state index is 0.112. The number of hydrogen-bond donors (Lipinski definition) is 1. The summed E-state index contributed by atoms with van der Waals surface area (Å²) in [6.07, 6.45) is 0.815. The maximum absolute atomic E-state index is 11.5. The van der Waals surface area contributed by atoms with Gasteiger partial charge in [-0.2, -0.15) is 0 Å². The molecule has 0 bridgehead atoms. The van der Waals surface area contributed by atoms with Crippen molar-refractivity contribution in [1.82, 2.24) is 4.98 Å². The van der Waals surface area contributed by atoms with Crippen LogP contribution in [0.25, 0.3) is 0 Å². The highest BCUT2D eigenvalue weighted by Gasteiger charge is 2.17. The Labute approximate surface area is 109 Å². The fourth-order valence-corrected chi connectivity index (χ4v) is 1.94. The van der Waals surface area contributed by atoms with E-state index in [0.717, 1.165) is 11.3 Å². The summed E-state index contributed by atoms with van der Waals surface area (Å²) < 4.78 is 9.60. The molecule has 1 aromatic heterocycles. The van der Waals surface area contributed by atoms with Gasteiger partial charge in [0.05, 0.1) is 12.3 Å². The number of carbonyl (C=O) groups is 2. The summed E-state index contributed by atoms with van der Waals surface area (Å²) in [5, 5.41) is 2.72. The van der Waals surface area contributed by atoms with Crippen LogP contribution in [0.4, 0.5) is 9.93 Å². The number of anilines is 1. The second-order valence-corrected chi connectivity index (χ2v) is 4.17. The largest absolute Gasteiger partial charge is 0.462 e. The molecule has 0 saturated carbocycles. The van der Waals surface area contributed by atoms with Crippen LogP contribution in [0, 0.1) is 6.92 Å². The highest BCUT2D eigenvalue weighted by atomic mass is 32.1. The molecular formula is C11H14N2O4S. The van der Waals surface area contributed by atoms with E-state index in [-0.39, 0.29) is 6.61 Å². The molecule has 0 aliphatic heterocycles. The first kappa shape index (κ1) is 14.2. The van der Waals surface area contributed by atoms with Gasteiger partial charge in [0.25, 0.3) is 0 Å². The summed E-state index contributed by atoms with van der Waals surface area (Å²) in [6, 6.07) is 0. The van der Waals surface area contributed by atoms with E-state index in [2.05, 4.69) is 16.9 Å². The zero-order valence-electron chi connectivity index (χ0n) is 10.2. The molecule has 1 N–H and O–H groups in total. The Bertz CT molecular complexity index is 456. The Kier molecular flexibility index (Phi) is 5.31. The molecule has 0 aromatic carbocycles. The van der Waals surface area contributed by atoms with Crippen LogP contribution in [-0.4, -0.2) is 30.3 Å². The first-order valence-corrected chi connectivity index (χ1v) is 6.09. The molecule has 0 aliphatic rings. The van der Waals surface area contributed by atoms with Gasteiger partial charge in [0.2, 0.25) is 0 Å². The Hall–Kier alpha value is -1.89. The Morgan fingerprint density at radius 1 is 1.50 bits per heavy atom. The van der Waals surface area contributed by atoms with E-state index in [0.29, 0.717) is 22.3 Å². The minimum atomic E-state index is -0.640. The summed E-state index contributed by atoms with van der Waals surface area (Å²) in [7, 11) is 0. The third kappa shape index (κ3) is 3.85. The molecule has 1 rings (SSSR count). The fourth-order valence-electron chi connectivity index (χ4n) is 1.09. The zero-order chi connectivity index (χ0) is 13.5. The van der Waals surface area contributed by atoms with Crippen LogP contribution in [0.15, 0.2) is 12.7 Å². The number of amides is 1. The fraction of sp³-hybridized carbons (Fsp3) is 0.364. The van der Waals surface area contributed by atoms with Gasteiger partial charge in [-0.1, -0.05) is 24.0 Å². The van der Waals surface area contributed by atoms with Crippen molar-refractivity contribution >= 4 is 28.5 Å². The average Bonchev–Trinajstić information content (AvgIpc) is 2.68. The summed E-state index contributed by atoms with van der Waals surface area (Å²) in [5.41, 5.74) is 0.512. The minimum Gasteiger partial charge on any atom is -0.462 e. The topological polar surface area (TPSA) is 77.5 Å². The van der Waals surface area contributed by atoms with Crippen molar-refractivity contribution in [3.63, 3.8) is 0 Å². The molecule has 98 valence electrons. The SMILES string of the molecule is C=CCOC(=O)Nc1nc(C)c(C(=O)OCC)s1. The molecule has 18 heavy (non-hydrogen) atoms. The molecule has 0 aliphatic carbocycles. The van der Waals surface area contributed by atoms with Crippen molar-refractivity contribution in [1.29, 1.82) is 0 Å². The van der Waals surface area contributed by atoms with Crippen molar-refractivity contribution in [2.24, 2.45) is 0 Å². The van der Waals surface area contributed by atoms with E-state index in [9.17, 15) is 9.59 Å². The number of carbonyl (C=O) groups excluding carboxylic acids is 2. The molecule has 6 nitrogen and oxygen atoms in total. The summed E-state index contributed by atoms with van der Waals surface area (Å²) in [6.45, 7) is 7.22. The lowest BCUT2D eigenvalue weighted by molar-refractivity contribution is 0.0531. The van der Waals surface area contributed by atoms with Gasteiger partial charge in [0.1, 0.15) is 11.5 Å². The number of nitrogens with one attached hydrogen (secondary N) is 1. The Morgan fingerprint density at radius 2 is 2.22 bits per heavy atom. The van der Waals surface area contributed by atoms with Crippen molar-refractivity contribution in [2.45, 2.75) is 13.8 Å². The molecule has 1 heterocycles. The lowest BCUT2D eigenvalue weighted by atomic mass is 10.4. The second kappa shape index (κ2) is 6.75. The molecular weight excluding hydrogens is 256 g/mol. The number of aryl methyl sites for hydroxylation is 1. The van der Waals surface area contributed by atoms with E-state index in [1.54, 1.807) is 13.8 Å². The number of hydrogen-bond acceptors (Lipinski definition) is 6. The number of nitrogens with zero attached hydrogens (tertiary/aromatic N) is 1. The molecule has 1 amide bonds. The number of aromatic nitrogens is 1. The standard InChI is InChI=1S/C11H14N2O4S/c1-4-6-17-11(15)13-10-12-7(3)8(18-10)9(14)16-5-2/h4H,1,5-6H2,2-3H3,(H,12,13,15). The van der Waals surface area contributed by atoms with E-state index in [1.165, 1.54) is 6.08 Å². The lowest BCUT2D eigenvalue weighted by Gasteiger charge is -2.00. The second-order valence-electron chi connectivity index (χ2n) is 3.17. The molecule has 7 heteroatoms. The number of esters is 1. The van der Waals surface area contributed by atoms with Crippen LogP contribution in [-0.2, 0) is 9.47 Å². The zero-order valence-corrected chi connectivity index (χ0v) is 11.0. The maximum atomic E-state index is 11.5. The van der Waals surface area contributed by atoms with E-state index < -0.39 is 12.1 Å². The van der Waals surface area contributed by atoms with Crippen molar-refractivity contribution < 1.29 is 19.1 Å². The van der Waals surface area contributed by atoms with Gasteiger partial charge in [-0.25, -0.2) is 14.6 Å². The first-order valence-electron chi connectivity index (χ1n) is 5.27. The van der Waals surface area contributed by atoms with Crippen LogP contribution in [0.3, 0.4) is 0 Å². The summed E-state index contributed by atoms with van der Waals surface area (Å²) >= 11 is 1.05. The van der Waals surface area contributed by atoms with Gasteiger partial charge in [-0.05, 0) is 13.8 Å². The molecule has 0 radical (unpaired) electrons. The van der Waals surface area contributed by atoms with Crippen LogP contribution in [0.1, 0.15) is 22.3 Å². The van der Waals surface area contributed by atoms with Gasteiger partial charge in [0, 0.05) is 0 Å². The van der Waals surface area contributed by atoms with Crippen LogP contribution in [0.2, 0.25) is 0 Å². The average molecular weight is 270 g/mol. The number of ether oxygens (including phenoxy) is 2. The van der Waals surface area contributed by atoms with Gasteiger partial charge in [0.15, 0.2) is 5.13 Å². The predicted molar refractivity (Wildman–Crippen MR) is 68.0 cm³/mol. The van der Waals surface area contributed by atoms with Crippen molar-refractivity contribution in [3.8, 4) is 0 Å². The first-order chi connectivity index (χ1) is 8.58. The van der Waals surface area contributed by atoms with Crippen LogP contribution >= 0.6 is 11.3 Å². The molecule has 0 saturated heterocycles. The Balaban J connectivity index is 2.69. The quantitative estimate of drug-likeness (QED) is 0.656. The highest BCUT2D eigenvalue weighted by molar-refractivity contribution is 7.17. The number of rotatable bonds is 5. The molecule has 0 fully saturated rings. The predicted octanol–water partition coefficient (Wildman–Crippen LogP) is 2.36. The van der Waals surface area contributed by atoms with Crippen LogP contribution in [0.5, 0.6) is 0 Å². The van der Waals surface area contributed by atoms with E-state index in [4.69, 9.17) is 9.47 Å². The van der Waals surface area contributed by atoms with Crippen molar-refractivity contribution in [3.05, 3.63) is 23.2 Å². The third-order valence-corrected chi connectivity index (χ3v) is 2.85. The molecule has 0 spiro atoms. The monoisotopic (exact) mass is 270 g/mol. The van der Waals surface area contributed by atoms with Crippen LogP contribution < -0.4 is 5.32 Å². The van der Waals surface area contributed by atoms with E-state index >= 15 is 0 Å².